The molecule has 1 atom stereocenters. The molecule has 2 aliphatic heterocycles. The SMILES string of the molecule is Cc1cccn2c(-c3ccc(Nc4ccc([C@@H]5CCOC5)c(CN(C)C)n4)c4c3CNC4=O)cnc12. The number of imidazole rings is 1. The van der Waals surface area contributed by atoms with Gasteiger partial charge in [0.2, 0.25) is 0 Å². The molecule has 4 aromatic rings. The lowest BCUT2D eigenvalue weighted by atomic mass is 9.96. The highest BCUT2D eigenvalue weighted by atomic mass is 16.5. The molecule has 5 heterocycles. The topological polar surface area (TPSA) is 83.8 Å². The van der Waals surface area contributed by atoms with Crippen LogP contribution in [-0.2, 0) is 17.8 Å². The summed E-state index contributed by atoms with van der Waals surface area (Å²) >= 11 is 0. The number of pyridine rings is 2. The van der Waals surface area contributed by atoms with Gasteiger partial charge in [-0.15, -0.1) is 0 Å². The number of nitrogens with zero attached hydrogens (tertiary/aromatic N) is 4. The number of aryl methyl sites for hydroxylation is 1. The van der Waals surface area contributed by atoms with Crippen molar-refractivity contribution in [3.63, 3.8) is 0 Å². The van der Waals surface area contributed by atoms with Gasteiger partial charge >= 0.3 is 0 Å². The molecule has 2 N–H and O–H groups in total. The molecule has 0 bridgehead atoms. The number of aromatic nitrogens is 3. The third-order valence-electron chi connectivity index (χ3n) is 7.08. The lowest BCUT2D eigenvalue weighted by Crippen LogP contribution is -2.16. The van der Waals surface area contributed by atoms with E-state index in [0.29, 0.717) is 18.0 Å². The fourth-order valence-electron chi connectivity index (χ4n) is 5.34. The standard InChI is InChI=1S/C28H30N6O2/c1-17-5-4-11-34-24(14-29-27(17)34)20-6-8-22(26-21(20)13-30-28(26)35)31-25-9-7-19(18-10-12-36-16-18)23(32-25)15-33(2)3/h4-9,11,14,18H,10,12-13,15-16H2,1-3H3,(H,30,35)(H,31,32)/t18-/m1/s1. The van der Waals surface area contributed by atoms with E-state index < -0.39 is 0 Å². The molecule has 1 aromatic carbocycles. The van der Waals surface area contributed by atoms with Crippen molar-refractivity contribution in [1.82, 2.24) is 24.6 Å². The summed E-state index contributed by atoms with van der Waals surface area (Å²) in [4.78, 5) is 24.7. The molecule has 1 fully saturated rings. The van der Waals surface area contributed by atoms with Crippen LogP contribution < -0.4 is 10.6 Å². The minimum atomic E-state index is -0.0763. The first-order valence-corrected chi connectivity index (χ1v) is 12.4. The number of ether oxygens (including phenoxy) is 1. The van der Waals surface area contributed by atoms with Gasteiger partial charge in [-0.2, -0.15) is 0 Å². The summed E-state index contributed by atoms with van der Waals surface area (Å²) in [6.07, 6.45) is 4.92. The van der Waals surface area contributed by atoms with Crippen molar-refractivity contribution in [2.24, 2.45) is 0 Å². The second kappa shape index (κ2) is 9.04. The van der Waals surface area contributed by atoms with Gasteiger partial charge in [-0.25, -0.2) is 9.97 Å². The fourth-order valence-corrected chi connectivity index (χ4v) is 5.34. The van der Waals surface area contributed by atoms with Crippen molar-refractivity contribution in [3.8, 4) is 11.3 Å². The molecule has 8 nitrogen and oxygen atoms in total. The van der Waals surface area contributed by atoms with Gasteiger partial charge in [0.25, 0.3) is 5.91 Å². The predicted molar refractivity (Wildman–Crippen MR) is 140 cm³/mol. The van der Waals surface area contributed by atoms with E-state index >= 15 is 0 Å². The smallest absolute Gasteiger partial charge is 0.254 e. The maximum Gasteiger partial charge on any atom is 0.254 e. The number of carbonyl (C=O) groups is 1. The molecular formula is C28H30N6O2. The van der Waals surface area contributed by atoms with Gasteiger partial charge in [0, 0.05) is 37.4 Å². The largest absolute Gasteiger partial charge is 0.381 e. The lowest BCUT2D eigenvalue weighted by Gasteiger charge is -2.19. The number of hydrogen-bond acceptors (Lipinski definition) is 6. The van der Waals surface area contributed by atoms with Crippen molar-refractivity contribution < 1.29 is 9.53 Å². The van der Waals surface area contributed by atoms with Crippen molar-refractivity contribution in [3.05, 3.63) is 76.7 Å². The van der Waals surface area contributed by atoms with Gasteiger partial charge in [-0.3, -0.25) is 9.20 Å². The second-order valence-electron chi connectivity index (χ2n) is 9.88. The van der Waals surface area contributed by atoms with E-state index in [2.05, 4.69) is 50.0 Å². The summed E-state index contributed by atoms with van der Waals surface area (Å²) < 4.78 is 7.71. The first-order valence-electron chi connectivity index (χ1n) is 12.4. The Morgan fingerprint density at radius 1 is 1.22 bits per heavy atom. The predicted octanol–water partition coefficient (Wildman–Crippen LogP) is 4.26. The first-order chi connectivity index (χ1) is 17.5. The molecule has 184 valence electrons. The van der Waals surface area contributed by atoms with Crippen molar-refractivity contribution >= 4 is 23.1 Å². The van der Waals surface area contributed by atoms with Crippen molar-refractivity contribution in [1.29, 1.82) is 0 Å². The normalized spacial score (nSPS) is 17.1. The van der Waals surface area contributed by atoms with Gasteiger partial charge < -0.3 is 20.3 Å². The Labute approximate surface area is 210 Å². The quantitative estimate of drug-likeness (QED) is 0.427. The maximum absolute atomic E-state index is 12.9. The van der Waals surface area contributed by atoms with E-state index in [1.165, 1.54) is 5.56 Å². The monoisotopic (exact) mass is 482 g/mol. The highest BCUT2D eigenvalue weighted by Gasteiger charge is 2.28. The molecule has 0 saturated carbocycles. The summed E-state index contributed by atoms with van der Waals surface area (Å²) in [5.41, 5.74) is 8.70. The zero-order chi connectivity index (χ0) is 24.8. The Bertz CT molecular complexity index is 1470. The Morgan fingerprint density at radius 3 is 2.92 bits per heavy atom. The van der Waals surface area contributed by atoms with Crippen LogP contribution in [0.25, 0.3) is 16.9 Å². The molecule has 2 aliphatic rings. The van der Waals surface area contributed by atoms with Gasteiger partial charge in [0.05, 0.1) is 35.4 Å². The molecule has 3 aromatic heterocycles. The third kappa shape index (κ3) is 3.92. The average Bonchev–Trinajstić information content (AvgIpc) is 3.60. The van der Waals surface area contributed by atoms with Gasteiger partial charge in [-0.1, -0.05) is 18.2 Å². The third-order valence-corrected chi connectivity index (χ3v) is 7.08. The maximum atomic E-state index is 12.9. The Balaban J connectivity index is 1.38. The summed E-state index contributed by atoms with van der Waals surface area (Å²) in [7, 11) is 4.10. The number of nitrogens with one attached hydrogen (secondary N) is 2. The fraction of sp³-hybridized carbons (Fsp3) is 0.321. The van der Waals surface area contributed by atoms with Crippen LogP contribution in [0.1, 0.15) is 45.1 Å². The number of fused-ring (bicyclic) bond motifs is 2. The van der Waals surface area contributed by atoms with Crippen LogP contribution in [0.2, 0.25) is 0 Å². The molecule has 1 saturated heterocycles. The average molecular weight is 483 g/mol. The molecule has 0 unspecified atom stereocenters. The molecule has 36 heavy (non-hydrogen) atoms. The van der Waals surface area contributed by atoms with E-state index in [4.69, 9.17) is 9.72 Å². The lowest BCUT2D eigenvalue weighted by molar-refractivity contribution is 0.0966. The second-order valence-corrected chi connectivity index (χ2v) is 9.88. The van der Waals surface area contributed by atoms with Gasteiger partial charge in [0.1, 0.15) is 11.5 Å². The van der Waals surface area contributed by atoms with Gasteiger partial charge in [-0.05, 0) is 62.3 Å². The van der Waals surface area contributed by atoms with E-state index in [1.54, 1.807) is 0 Å². The number of rotatable bonds is 6. The molecule has 0 radical (unpaired) electrons. The van der Waals surface area contributed by atoms with E-state index in [1.807, 2.05) is 44.7 Å². The number of carbonyl (C=O) groups excluding carboxylic acids is 1. The number of anilines is 2. The summed E-state index contributed by atoms with van der Waals surface area (Å²) in [6.45, 7) is 4.82. The highest BCUT2D eigenvalue weighted by molar-refractivity contribution is 6.06. The van der Waals surface area contributed by atoms with Crippen molar-refractivity contribution in [2.45, 2.75) is 32.4 Å². The zero-order valence-electron chi connectivity index (χ0n) is 20.8. The summed E-state index contributed by atoms with van der Waals surface area (Å²) in [6, 6.07) is 12.3. The van der Waals surface area contributed by atoms with E-state index in [0.717, 1.165) is 71.4 Å². The van der Waals surface area contributed by atoms with Crippen LogP contribution in [0.15, 0.2) is 48.8 Å². The Morgan fingerprint density at radius 2 is 2.11 bits per heavy atom. The molecule has 0 spiro atoms. The van der Waals surface area contributed by atoms with Crippen molar-refractivity contribution in [2.75, 3.05) is 32.6 Å². The van der Waals surface area contributed by atoms with Crippen LogP contribution in [0, 0.1) is 6.92 Å². The number of benzene rings is 1. The van der Waals surface area contributed by atoms with Crippen LogP contribution in [0.3, 0.4) is 0 Å². The number of amides is 1. The molecule has 6 rings (SSSR count). The summed E-state index contributed by atoms with van der Waals surface area (Å²) in [5, 5.41) is 6.45. The molecule has 0 aliphatic carbocycles. The minimum Gasteiger partial charge on any atom is -0.381 e. The summed E-state index contributed by atoms with van der Waals surface area (Å²) in [5.74, 6) is 1.03. The van der Waals surface area contributed by atoms with Crippen LogP contribution in [0.5, 0.6) is 0 Å². The van der Waals surface area contributed by atoms with E-state index in [9.17, 15) is 4.79 Å². The Hall–Kier alpha value is -3.75. The zero-order valence-corrected chi connectivity index (χ0v) is 20.8. The first kappa shape index (κ1) is 22.7. The molecule has 1 amide bonds. The molecular weight excluding hydrogens is 452 g/mol. The minimum absolute atomic E-state index is 0.0763. The van der Waals surface area contributed by atoms with Crippen LogP contribution >= 0.6 is 0 Å². The van der Waals surface area contributed by atoms with E-state index in [-0.39, 0.29) is 5.91 Å². The molecule has 8 heteroatoms. The van der Waals surface area contributed by atoms with Crippen LogP contribution in [0.4, 0.5) is 11.5 Å². The number of hydrogen-bond donors (Lipinski definition) is 2. The van der Waals surface area contributed by atoms with Gasteiger partial charge in [0.15, 0.2) is 0 Å². The van der Waals surface area contributed by atoms with Crippen LogP contribution in [-0.4, -0.2) is 52.5 Å². The highest BCUT2D eigenvalue weighted by Crippen LogP contribution is 2.36. The Kier molecular flexibility index (Phi) is 5.70.